The summed E-state index contributed by atoms with van der Waals surface area (Å²) in [7, 11) is 0. The lowest BCUT2D eigenvalue weighted by molar-refractivity contribution is -0.121. The Labute approximate surface area is 167 Å². The normalized spacial score (nSPS) is 11.9. The van der Waals surface area contributed by atoms with Crippen molar-refractivity contribution in [1.82, 2.24) is 25.4 Å². The first-order valence-corrected chi connectivity index (χ1v) is 9.16. The number of amides is 1. The van der Waals surface area contributed by atoms with Crippen molar-refractivity contribution >= 4 is 5.91 Å². The van der Waals surface area contributed by atoms with E-state index in [1.165, 1.54) is 0 Å². The van der Waals surface area contributed by atoms with E-state index >= 15 is 0 Å². The van der Waals surface area contributed by atoms with Gasteiger partial charge in [0.05, 0.1) is 12.1 Å². The van der Waals surface area contributed by atoms with E-state index in [0.29, 0.717) is 34.8 Å². The van der Waals surface area contributed by atoms with Gasteiger partial charge in [0.25, 0.3) is 0 Å². The number of oxazole rings is 1. The number of nitrogens with one attached hydrogen (secondary N) is 1. The van der Waals surface area contributed by atoms with Gasteiger partial charge in [0.1, 0.15) is 17.5 Å². The highest BCUT2D eigenvalue weighted by molar-refractivity contribution is 5.78. The molecule has 0 aliphatic heterocycles. The Hall–Kier alpha value is -3.81. The first kappa shape index (κ1) is 18.5. The lowest BCUT2D eigenvalue weighted by Crippen LogP contribution is -2.28. The molecule has 0 saturated heterocycles. The molecule has 146 valence electrons. The van der Waals surface area contributed by atoms with Crippen LogP contribution < -0.4 is 5.32 Å². The predicted molar refractivity (Wildman–Crippen MR) is 104 cm³/mol. The summed E-state index contributed by atoms with van der Waals surface area (Å²) in [6.45, 7) is 3.57. The molecule has 29 heavy (non-hydrogen) atoms. The molecule has 0 spiro atoms. The summed E-state index contributed by atoms with van der Waals surface area (Å²) >= 11 is 0. The lowest BCUT2D eigenvalue weighted by Gasteiger charge is -2.08. The fraction of sp³-hybridized carbons (Fsp3) is 0.190. The first-order chi connectivity index (χ1) is 14.1. The summed E-state index contributed by atoms with van der Waals surface area (Å²) in [5.74, 6) is 1.58. The zero-order valence-corrected chi connectivity index (χ0v) is 16.0. The third-order valence-corrected chi connectivity index (χ3v) is 4.33. The van der Waals surface area contributed by atoms with Crippen molar-refractivity contribution < 1.29 is 13.7 Å². The fourth-order valence-corrected chi connectivity index (χ4v) is 2.81. The Morgan fingerprint density at radius 2 is 1.90 bits per heavy atom. The van der Waals surface area contributed by atoms with Crippen LogP contribution in [0.2, 0.25) is 0 Å². The molecule has 4 aromatic rings. The maximum absolute atomic E-state index is 12.5. The quantitative estimate of drug-likeness (QED) is 0.538. The summed E-state index contributed by atoms with van der Waals surface area (Å²) in [4.78, 5) is 25.4. The van der Waals surface area contributed by atoms with Crippen LogP contribution >= 0.6 is 0 Å². The highest BCUT2D eigenvalue weighted by Gasteiger charge is 2.20. The number of aromatic nitrogens is 4. The van der Waals surface area contributed by atoms with Gasteiger partial charge in [-0.2, -0.15) is 4.98 Å². The van der Waals surface area contributed by atoms with E-state index in [9.17, 15) is 4.79 Å². The number of hydrogen-bond acceptors (Lipinski definition) is 7. The Morgan fingerprint density at radius 3 is 2.66 bits per heavy atom. The Morgan fingerprint density at radius 1 is 1.10 bits per heavy atom. The van der Waals surface area contributed by atoms with Gasteiger partial charge in [-0.3, -0.25) is 9.78 Å². The van der Waals surface area contributed by atoms with Crippen LogP contribution in [0.5, 0.6) is 0 Å². The van der Waals surface area contributed by atoms with Crippen LogP contribution in [0.4, 0.5) is 0 Å². The molecule has 8 heteroatoms. The first-order valence-electron chi connectivity index (χ1n) is 9.16. The SMILES string of the molecule is Cc1oc(-c2ccccc2)nc1CC(=O)NC(C)c1nc(-c2ccccn2)no1. The van der Waals surface area contributed by atoms with Gasteiger partial charge in [-0.05, 0) is 38.1 Å². The number of carbonyl (C=O) groups excluding carboxylic acids is 1. The van der Waals surface area contributed by atoms with Gasteiger partial charge in [0.15, 0.2) is 0 Å². The van der Waals surface area contributed by atoms with Crippen molar-refractivity contribution in [3.8, 4) is 23.0 Å². The number of nitrogens with zero attached hydrogens (tertiary/aromatic N) is 4. The van der Waals surface area contributed by atoms with E-state index in [2.05, 4.69) is 25.4 Å². The van der Waals surface area contributed by atoms with Gasteiger partial charge in [-0.25, -0.2) is 4.98 Å². The molecule has 8 nitrogen and oxygen atoms in total. The van der Waals surface area contributed by atoms with Crippen molar-refractivity contribution in [2.24, 2.45) is 0 Å². The molecule has 1 N–H and O–H groups in total. The lowest BCUT2D eigenvalue weighted by atomic mass is 10.2. The maximum Gasteiger partial charge on any atom is 0.249 e. The van der Waals surface area contributed by atoms with Crippen LogP contribution in [-0.2, 0) is 11.2 Å². The van der Waals surface area contributed by atoms with Gasteiger partial charge >= 0.3 is 0 Å². The Balaban J connectivity index is 1.41. The third kappa shape index (κ3) is 4.21. The van der Waals surface area contributed by atoms with Gasteiger partial charge in [-0.1, -0.05) is 29.4 Å². The van der Waals surface area contributed by atoms with Gasteiger partial charge in [0.2, 0.25) is 23.5 Å². The van der Waals surface area contributed by atoms with Gasteiger partial charge < -0.3 is 14.3 Å². The van der Waals surface area contributed by atoms with Gasteiger partial charge in [-0.15, -0.1) is 0 Å². The van der Waals surface area contributed by atoms with E-state index in [0.717, 1.165) is 5.56 Å². The molecular weight excluding hydrogens is 370 g/mol. The minimum Gasteiger partial charge on any atom is -0.441 e. The average molecular weight is 389 g/mol. The summed E-state index contributed by atoms with van der Waals surface area (Å²) in [5, 5.41) is 6.77. The zero-order valence-electron chi connectivity index (χ0n) is 16.0. The highest BCUT2D eigenvalue weighted by Crippen LogP contribution is 2.22. The second-order valence-corrected chi connectivity index (χ2v) is 6.53. The molecule has 1 atom stereocenters. The number of hydrogen-bond donors (Lipinski definition) is 1. The standard InChI is InChI=1S/C21H19N5O3/c1-13(20-25-19(26-29-20)16-10-6-7-11-22-16)23-18(27)12-17-14(2)28-21(24-17)15-8-4-3-5-9-15/h3-11,13H,12H2,1-2H3,(H,23,27). The molecule has 0 radical (unpaired) electrons. The van der Waals surface area contributed by atoms with E-state index in [-0.39, 0.29) is 12.3 Å². The van der Waals surface area contributed by atoms with Crippen LogP contribution in [0, 0.1) is 6.92 Å². The van der Waals surface area contributed by atoms with E-state index in [1.54, 1.807) is 26.1 Å². The maximum atomic E-state index is 12.5. The van der Waals surface area contributed by atoms with Crippen LogP contribution in [0.25, 0.3) is 23.0 Å². The van der Waals surface area contributed by atoms with Gasteiger partial charge in [0, 0.05) is 11.8 Å². The molecule has 1 aromatic carbocycles. The minimum atomic E-state index is -0.451. The zero-order chi connectivity index (χ0) is 20.2. The molecule has 0 aliphatic carbocycles. The Kier molecular flexibility index (Phi) is 5.15. The molecule has 0 aliphatic rings. The number of aryl methyl sites for hydroxylation is 1. The third-order valence-electron chi connectivity index (χ3n) is 4.33. The van der Waals surface area contributed by atoms with E-state index in [1.807, 2.05) is 42.5 Å². The molecule has 4 rings (SSSR count). The molecule has 3 heterocycles. The molecule has 0 bridgehead atoms. The Bertz CT molecular complexity index is 1110. The van der Waals surface area contributed by atoms with E-state index < -0.39 is 6.04 Å². The predicted octanol–water partition coefficient (Wildman–Crippen LogP) is 3.51. The molecule has 0 fully saturated rings. The average Bonchev–Trinajstić information content (AvgIpc) is 3.37. The van der Waals surface area contributed by atoms with E-state index in [4.69, 9.17) is 8.94 Å². The highest BCUT2D eigenvalue weighted by atomic mass is 16.5. The topological polar surface area (TPSA) is 107 Å². The van der Waals surface area contributed by atoms with Crippen LogP contribution in [0.3, 0.4) is 0 Å². The number of benzene rings is 1. The second-order valence-electron chi connectivity index (χ2n) is 6.53. The summed E-state index contributed by atoms with van der Waals surface area (Å²) < 4.78 is 11.0. The van der Waals surface area contributed by atoms with Crippen molar-refractivity contribution in [3.05, 3.63) is 72.1 Å². The molecule has 3 aromatic heterocycles. The van der Waals surface area contributed by atoms with Crippen molar-refractivity contribution in [2.75, 3.05) is 0 Å². The van der Waals surface area contributed by atoms with Crippen LogP contribution in [0.1, 0.15) is 30.3 Å². The molecular formula is C21H19N5O3. The summed E-state index contributed by atoms with van der Waals surface area (Å²) in [6, 6.07) is 14.5. The largest absolute Gasteiger partial charge is 0.441 e. The molecule has 0 saturated carbocycles. The monoisotopic (exact) mass is 389 g/mol. The summed E-state index contributed by atoms with van der Waals surface area (Å²) in [5.41, 5.74) is 2.06. The second kappa shape index (κ2) is 8.05. The van der Waals surface area contributed by atoms with Crippen molar-refractivity contribution in [1.29, 1.82) is 0 Å². The number of pyridine rings is 1. The molecule has 1 unspecified atom stereocenters. The number of carbonyl (C=O) groups is 1. The van der Waals surface area contributed by atoms with Crippen LogP contribution in [0.15, 0.2) is 63.7 Å². The molecule has 1 amide bonds. The smallest absolute Gasteiger partial charge is 0.249 e. The van der Waals surface area contributed by atoms with Crippen LogP contribution in [-0.4, -0.2) is 26.0 Å². The number of rotatable bonds is 6. The minimum absolute atomic E-state index is 0.0910. The van der Waals surface area contributed by atoms with Crippen molar-refractivity contribution in [3.63, 3.8) is 0 Å². The van der Waals surface area contributed by atoms with Crippen molar-refractivity contribution in [2.45, 2.75) is 26.3 Å². The fourth-order valence-electron chi connectivity index (χ4n) is 2.81. The summed E-state index contributed by atoms with van der Waals surface area (Å²) in [6.07, 6.45) is 1.74.